The van der Waals surface area contributed by atoms with Crippen molar-refractivity contribution in [1.29, 1.82) is 0 Å². The SMILES string of the molecule is C=CC=C.C=CC=C.C=C[Si]1(C)O[Si](C)(C=C)O[Si](C)(C=C)O[Si](C)(C=C)O1.C=C[Si]1(C)O[Si](C)(C=C)O[Si](C)(C=C)O[Si](C)(C=C)O1.[CH-]=O.[CH-]=O.[CH3-].[CH3-].[CH3-].[CH3-].[Pt].[Pt]. The average molecular weight is 1310 g/mol. The van der Waals surface area contributed by atoms with E-state index in [9.17, 15) is 0 Å². The molecule has 0 bridgehead atoms. The van der Waals surface area contributed by atoms with Crippen LogP contribution in [0.15, 0.2) is 149 Å². The van der Waals surface area contributed by atoms with Crippen molar-refractivity contribution in [3.8, 4) is 0 Å². The maximum absolute atomic E-state index is 7.75. The van der Waals surface area contributed by atoms with Crippen LogP contribution in [0.25, 0.3) is 0 Å². The van der Waals surface area contributed by atoms with Gasteiger partial charge in [0.1, 0.15) is 0 Å². The van der Waals surface area contributed by atoms with Crippen LogP contribution < -0.4 is 0 Å². The molecule has 2 aliphatic rings. The molecule has 58 heavy (non-hydrogen) atoms. The second-order valence-corrected chi connectivity index (χ2v) is 37.6. The molecule has 2 saturated heterocycles. The van der Waals surface area contributed by atoms with Crippen molar-refractivity contribution in [3.05, 3.63) is 179 Å². The van der Waals surface area contributed by atoms with E-state index in [1.165, 1.54) is 0 Å². The Morgan fingerprint density at radius 1 is 0.276 bits per heavy atom. The normalized spacial score (nSPS) is 32.4. The van der Waals surface area contributed by atoms with Gasteiger partial charge in [-0.2, -0.15) is 0 Å². The summed E-state index contributed by atoms with van der Waals surface area (Å²) in [6.45, 7) is 66.3. The Hall–Kier alpha value is -0.988. The van der Waals surface area contributed by atoms with Crippen LogP contribution in [0.4, 0.5) is 0 Å². The summed E-state index contributed by atoms with van der Waals surface area (Å²) in [6.07, 6.45) is 6.56. The first-order valence-corrected chi connectivity index (χ1v) is 34.8. The van der Waals surface area contributed by atoms with Crippen molar-refractivity contribution in [2.45, 2.75) is 52.4 Å². The van der Waals surface area contributed by atoms with Gasteiger partial charge in [-0.15, -0.1) is 52.6 Å². The molecule has 344 valence electrons. The van der Waals surface area contributed by atoms with E-state index in [0.717, 1.165) is 0 Å². The zero-order valence-electron chi connectivity index (χ0n) is 37.3. The Kier molecular flexibility index (Phi) is 52.7. The minimum absolute atomic E-state index is 0. The van der Waals surface area contributed by atoms with E-state index in [2.05, 4.69) is 92.5 Å². The fourth-order valence-corrected chi connectivity index (χ4v) is 39.5. The number of rotatable bonds is 10. The molecular weight excluding hydrogens is 1230 g/mol. The Morgan fingerprint density at radius 3 is 0.379 bits per heavy atom. The van der Waals surface area contributed by atoms with Gasteiger partial charge in [-0.3, -0.25) is 13.6 Å². The summed E-state index contributed by atoms with van der Waals surface area (Å²) in [4.78, 5) is 15.5. The van der Waals surface area contributed by atoms with Crippen molar-refractivity contribution < 1.29 is 84.6 Å². The smallest absolute Gasteiger partial charge is 0.344 e. The Balaban J connectivity index is -0.0000000720. The molecule has 0 aromatic carbocycles. The van der Waals surface area contributed by atoms with Gasteiger partial charge in [0.2, 0.25) is 0 Å². The third-order valence-electron chi connectivity index (χ3n) is 6.54. The first-order chi connectivity index (χ1) is 24.0. The zero-order chi connectivity index (χ0) is 42.1. The summed E-state index contributed by atoms with van der Waals surface area (Å²) in [6, 6.07) is 0. The largest absolute Gasteiger partial charge is 0.545 e. The molecular formula is C38H74O10Pt2Si8-6. The van der Waals surface area contributed by atoms with Gasteiger partial charge in [0.05, 0.1) is 0 Å². The second-order valence-electron chi connectivity index (χ2n) is 11.5. The fourth-order valence-electron chi connectivity index (χ4n) is 4.05. The molecule has 0 saturated carbocycles. The van der Waals surface area contributed by atoms with E-state index in [1.54, 1.807) is 69.9 Å². The van der Waals surface area contributed by atoms with Crippen LogP contribution >= 0.6 is 0 Å². The predicted octanol–water partition coefficient (Wildman–Crippen LogP) is 10.5. The fraction of sp³-hybridized carbons (Fsp3) is 0.211. The third kappa shape index (κ3) is 30.1. The van der Waals surface area contributed by atoms with Crippen LogP contribution in [0.3, 0.4) is 0 Å². The van der Waals surface area contributed by atoms with Gasteiger partial charge in [0.25, 0.3) is 0 Å². The number of hydrogen-bond donors (Lipinski definition) is 0. The molecule has 0 radical (unpaired) electrons. The topological polar surface area (TPSA) is 108 Å². The molecule has 0 N–H and O–H groups in total. The molecule has 0 aliphatic carbocycles. The summed E-state index contributed by atoms with van der Waals surface area (Å²) < 4.78 is 50.0. The van der Waals surface area contributed by atoms with Crippen LogP contribution in [-0.4, -0.2) is 82.1 Å². The molecule has 2 rings (SSSR count). The molecule has 2 heterocycles. The van der Waals surface area contributed by atoms with E-state index in [4.69, 9.17) is 42.5 Å². The quantitative estimate of drug-likeness (QED) is 0.0908. The van der Waals surface area contributed by atoms with Crippen LogP contribution in [0.2, 0.25) is 52.4 Å². The van der Waals surface area contributed by atoms with Gasteiger partial charge in [0.15, 0.2) is 0 Å². The van der Waals surface area contributed by atoms with Crippen LogP contribution in [0.5, 0.6) is 0 Å². The second kappa shape index (κ2) is 37.7. The molecule has 0 aromatic heterocycles. The monoisotopic (exact) mass is 1300 g/mol. The maximum Gasteiger partial charge on any atom is 0.344 e. The van der Waals surface area contributed by atoms with Gasteiger partial charge in [-0.05, 0) is 52.4 Å². The van der Waals surface area contributed by atoms with E-state index < -0.39 is 68.5 Å². The van der Waals surface area contributed by atoms with E-state index >= 15 is 0 Å². The Bertz CT molecular complexity index is 991. The molecule has 0 spiro atoms. The number of allylic oxidation sites excluding steroid dienone is 4. The first-order valence-electron chi connectivity index (χ1n) is 15.6. The standard InChI is InChI=1S/2C12H24O4Si4.2C4H6.2CHO.4CH3.2Pt/c2*1-9-17(5)13-18(6,10-2)15-20(8,12-4)16-19(7,11-3)14-17;2*1-3-4-2;2*1-2;;;;;;/h2*9-12H,1-4H2,5-8H3;2*3-4H,1-2H2;2*1H;4*1H3;;/q;;;;6*-1;;. The summed E-state index contributed by atoms with van der Waals surface area (Å²) in [5.74, 6) is 0. The summed E-state index contributed by atoms with van der Waals surface area (Å²) >= 11 is 0. The summed E-state index contributed by atoms with van der Waals surface area (Å²) in [7, 11) is -20.8. The molecule has 0 amide bonds. The van der Waals surface area contributed by atoms with Gasteiger partial charge in [-0.25, -0.2) is 0 Å². The Morgan fingerprint density at radius 2 is 0.345 bits per heavy atom. The first kappa shape index (κ1) is 80.9. The van der Waals surface area contributed by atoms with Gasteiger partial charge in [-0.1, -0.05) is 96.2 Å². The summed E-state index contributed by atoms with van der Waals surface area (Å²) in [5, 5.41) is 0. The van der Waals surface area contributed by atoms with Crippen molar-refractivity contribution in [2.75, 3.05) is 0 Å². The van der Waals surface area contributed by atoms with Crippen molar-refractivity contribution in [3.63, 3.8) is 0 Å². The van der Waals surface area contributed by atoms with Gasteiger partial charge < -0.3 is 72.2 Å². The zero-order valence-corrected chi connectivity index (χ0v) is 49.8. The predicted molar refractivity (Wildman–Crippen MR) is 263 cm³/mol. The van der Waals surface area contributed by atoms with E-state index in [-0.39, 0.29) is 71.8 Å². The maximum atomic E-state index is 7.75. The van der Waals surface area contributed by atoms with Crippen LogP contribution in [0.1, 0.15) is 0 Å². The summed E-state index contributed by atoms with van der Waals surface area (Å²) in [5.41, 5.74) is 14.0. The molecule has 0 atom stereocenters. The van der Waals surface area contributed by atoms with Crippen LogP contribution in [0, 0.1) is 29.7 Å². The molecule has 2 fully saturated rings. The number of hydrogen-bond acceptors (Lipinski definition) is 10. The average Bonchev–Trinajstić information content (AvgIpc) is 3.12. The van der Waals surface area contributed by atoms with Gasteiger partial charge >= 0.3 is 68.5 Å². The third-order valence-corrected chi connectivity index (χ3v) is 38.4. The minimum atomic E-state index is -2.60. The Labute approximate surface area is 394 Å². The van der Waals surface area contributed by atoms with Crippen molar-refractivity contribution in [2.24, 2.45) is 0 Å². The molecule has 0 unspecified atom stereocenters. The minimum Gasteiger partial charge on any atom is -0.545 e. The molecule has 20 heteroatoms. The van der Waals surface area contributed by atoms with Crippen LogP contribution in [-0.2, 0) is 84.6 Å². The number of carbonyl (C=O) groups excluding carboxylic acids is 2. The van der Waals surface area contributed by atoms with Crippen molar-refractivity contribution in [1.82, 2.24) is 0 Å². The molecule has 2 aliphatic heterocycles. The van der Waals surface area contributed by atoms with Crippen molar-refractivity contribution >= 4 is 82.1 Å². The van der Waals surface area contributed by atoms with Gasteiger partial charge in [0, 0.05) is 42.1 Å². The van der Waals surface area contributed by atoms with E-state index in [1.807, 2.05) is 52.4 Å². The van der Waals surface area contributed by atoms with E-state index in [0.29, 0.717) is 0 Å². The molecule has 0 aromatic rings. The molecule has 10 nitrogen and oxygen atoms in total.